The number of benzene rings is 1. The first-order valence-corrected chi connectivity index (χ1v) is 9.76. The summed E-state index contributed by atoms with van der Waals surface area (Å²) in [6, 6.07) is 11.6. The number of rotatable bonds is 9. The zero-order valence-electron chi connectivity index (χ0n) is 16.2. The summed E-state index contributed by atoms with van der Waals surface area (Å²) >= 11 is 1.26. The lowest BCUT2D eigenvalue weighted by Gasteiger charge is -2.17. The molecule has 2 N–H and O–H groups in total. The van der Waals surface area contributed by atoms with Crippen LogP contribution in [-0.4, -0.2) is 61.9 Å². The van der Waals surface area contributed by atoms with Gasteiger partial charge in [-0.15, -0.1) is 11.3 Å². The van der Waals surface area contributed by atoms with Crippen LogP contribution in [0.25, 0.3) is 0 Å². The van der Waals surface area contributed by atoms with Gasteiger partial charge in [0.2, 0.25) is 5.91 Å². The number of thiophene rings is 1. The van der Waals surface area contributed by atoms with E-state index in [2.05, 4.69) is 10.6 Å². The number of nitrogens with zero attached hydrogens (tertiary/aromatic N) is 1. The Kier molecular flexibility index (Phi) is 8.35. The van der Waals surface area contributed by atoms with Crippen molar-refractivity contribution in [3.8, 4) is 0 Å². The van der Waals surface area contributed by atoms with Gasteiger partial charge in [0.15, 0.2) is 6.61 Å². The lowest BCUT2D eigenvalue weighted by atomic mass is 10.1. The van der Waals surface area contributed by atoms with Crippen LogP contribution in [0.15, 0.2) is 47.8 Å². The summed E-state index contributed by atoms with van der Waals surface area (Å²) in [5, 5.41) is 6.80. The molecule has 2 aromatic rings. The number of hydrogen-bond acceptors (Lipinski definition) is 6. The molecule has 0 saturated heterocycles. The van der Waals surface area contributed by atoms with Crippen molar-refractivity contribution in [3.05, 3.63) is 58.3 Å². The molecule has 154 valence electrons. The standard InChI is InChI=1S/C20H23N3O5S/c1-23(2)18(25)12-21-17(24)13-28-20(27)15(11-14-7-4-3-5-8-14)22-19(26)16-9-6-10-29-16/h3-10,15H,11-13H2,1-2H3,(H,21,24)(H,22,26)/t15-/m0/s1. The molecule has 0 bridgehead atoms. The van der Waals surface area contributed by atoms with Gasteiger partial charge < -0.3 is 20.3 Å². The summed E-state index contributed by atoms with van der Waals surface area (Å²) in [6.07, 6.45) is 0.220. The summed E-state index contributed by atoms with van der Waals surface area (Å²) in [7, 11) is 3.14. The normalized spacial score (nSPS) is 11.2. The maximum Gasteiger partial charge on any atom is 0.329 e. The molecule has 0 spiro atoms. The van der Waals surface area contributed by atoms with Crippen LogP contribution in [0.1, 0.15) is 15.2 Å². The third kappa shape index (κ3) is 7.38. The molecular formula is C20H23N3O5S. The van der Waals surface area contributed by atoms with Crippen molar-refractivity contribution in [1.82, 2.24) is 15.5 Å². The molecule has 0 aliphatic rings. The quantitative estimate of drug-likeness (QED) is 0.588. The van der Waals surface area contributed by atoms with Gasteiger partial charge in [0.05, 0.1) is 11.4 Å². The van der Waals surface area contributed by atoms with E-state index in [0.29, 0.717) is 4.88 Å². The predicted molar refractivity (Wildman–Crippen MR) is 108 cm³/mol. The largest absolute Gasteiger partial charge is 0.454 e. The van der Waals surface area contributed by atoms with Crippen LogP contribution in [0.4, 0.5) is 0 Å². The van der Waals surface area contributed by atoms with Crippen molar-refractivity contribution in [1.29, 1.82) is 0 Å². The Labute approximate surface area is 172 Å². The molecule has 1 aromatic carbocycles. The fraction of sp³-hybridized carbons (Fsp3) is 0.300. The Hall–Kier alpha value is -3.20. The van der Waals surface area contributed by atoms with Gasteiger partial charge in [-0.05, 0) is 17.0 Å². The van der Waals surface area contributed by atoms with E-state index in [9.17, 15) is 19.2 Å². The van der Waals surface area contributed by atoms with Gasteiger partial charge in [-0.25, -0.2) is 4.79 Å². The number of esters is 1. The molecule has 0 fully saturated rings. The van der Waals surface area contributed by atoms with Gasteiger partial charge in [-0.3, -0.25) is 14.4 Å². The fourth-order valence-electron chi connectivity index (χ4n) is 2.30. The number of likely N-dealkylation sites (N-methyl/N-ethyl adjacent to an activating group) is 1. The van der Waals surface area contributed by atoms with Gasteiger partial charge >= 0.3 is 5.97 Å². The van der Waals surface area contributed by atoms with E-state index < -0.39 is 24.5 Å². The van der Waals surface area contributed by atoms with Crippen molar-refractivity contribution >= 4 is 35.0 Å². The molecule has 1 aromatic heterocycles. The number of hydrogen-bond donors (Lipinski definition) is 2. The zero-order valence-corrected chi connectivity index (χ0v) is 17.0. The highest BCUT2D eigenvalue weighted by Gasteiger charge is 2.24. The van der Waals surface area contributed by atoms with E-state index in [1.807, 2.05) is 30.3 Å². The maximum atomic E-state index is 12.5. The van der Waals surface area contributed by atoms with Crippen molar-refractivity contribution in [3.63, 3.8) is 0 Å². The minimum absolute atomic E-state index is 0.189. The zero-order chi connectivity index (χ0) is 21.2. The van der Waals surface area contributed by atoms with Gasteiger partial charge in [-0.2, -0.15) is 0 Å². The van der Waals surface area contributed by atoms with Crippen LogP contribution < -0.4 is 10.6 Å². The summed E-state index contributed by atoms with van der Waals surface area (Å²) < 4.78 is 5.06. The second kappa shape index (κ2) is 11.0. The van der Waals surface area contributed by atoms with Crippen LogP contribution in [0, 0.1) is 0 Å². The van der Waals surface area contributed by atoms with Gasteiger partial charge in [0.25, 0.3) is 11.8 Å². The van der Waals surface area contributed by atoms with E-state index in [4.69, 9.17) is 4.74 Å². The molecule has 9 heteroatoms. The Balaban J connectivity index is 1.95. The monoisotopic (exact) mass is 417 g/mol. The van der Waals surface area contributed by atoms with Crippen LogP contribution in [0.2, 0.25) is 0 Å². The third-order valence-electron chi connectivity index (χ3n) is 3.90. The maximum absolute atomic E-state index is 12.5. The van der Waals surface area contributed by atoms with Crippen LogP contribution in [0.5, 0.6) is 0 Å². The molecule has 0 saturated carbocycles. The van der Waals surface area contributed by atoms with Crippen LogP contribution in [0.3, 0.4) is 0 Å². The Bertz CT molecular complexity index is 837. The topological polar surface area (TPSA) is 105 Å². The highest BCUT2D eigenvalue weighted by Crippen LogP contribution is 2.10. The number of ether oxygens (including phenoxy) is 1. The average Bonchev–Trinajstić information content (AvgIpc) is 3.25. The van der Waals surface area contributed by atoms with E-state index in [1.54, 1.807) is 31.6 Å². The molecule has 0 radical (unpaired) electrons. The van der Waals surface area contributed by atoms with E-state index in [1.165, 1.54) is 16.2 Å². The van der Waals surface area contributed by atoms with Crippen molar-refractivity contribution in [2.45, 2.75) is 12.5 Å². The first-order chi connectivity index (χ1) is 13.9. The molecule has 3 amide bonds. The molecule has 0 unspecified atom stereocenters. The molecule has 0 aliphatic carbocycles. The van der Waals surface area contributed by atoms with Gasteiger partial charge in [-0.1, -0.05) is 36.4 Å². The number of carbonyl (C=O) groups is 4. The lowest BCUT2D eigenvalue weighted by Crippen LogP contribution is -2.44. The minimum atomic E-state index is -0.955. The van der Waals surface area contributed by atoms with Crippen LogP contribution in [-0.2, 0) is 25.5 Å². The molecule has 0 aliphatic heterocycles. The molecule has 2 rings (SSSR count). The van der Waals surface area contributed by atoms with Crippen LogP contribution >= 0.6 is 11.3 Å². The second-order valence-corrected chi connectivity index (χ2v) is 7.31. The molecule has 29 heavy (non-hydrogen) atoms. The average molecular weight is 417 g/mol. The summed E-state index contributed by atoms with van der Waals surface area (Å²) in [5.41, 5.74) is 0.835. The van der Waals surface area contributed by atoms with Gasteiger partial charge in [0, 0.05) is 20.5 Å². The Morgan fingerprint density at radius 2 is 1.79 bits per heavy atom. The Morgan fingerprint density at radius 1 is 1.07 bits per heavy atom. The predicted octanol–water partition coefficient (Wildman–Crippen LogP) is 0.837. The lowest BCUT2D eigenvalue weighted by molar-refractivity contribution is -0.150. The number of nitrogens with one attached hydrogen (secondary N) is 2. The summed E-state index contributed by atoms with van der Waals surface area (Å²) in [5.74, 6) is -2.00. The fourth-order valence-corrected chi connectivity index (χ4v) is 2.93. The Morgan fingerprint density at radius 3 is 2.41 bits per heavy atom. The third-order valence-corrected chi connectivity index (χ3v) is 4.77. The first kappa shape index (κ1) is 22.1. The number of amides is 3. The highest BCUT2D eigenvalue weighted by molar-refractivity contribution is 7.12. The molecule has 8 nitrogen and oxygen atoms in total. The number of carbonyl (C=O) groups excluding carboxylic acids is 4. The van der Waals surface area contributed by atoms with Gasteiger partial charge in [0.1, 0.15) is 6.04 Å². The van der Waals surface area contributed by atoms with Crippen molar-refractivity contribution < 1.29 is 23.9 Å². The highest BCUT2D eigenvalue weighted by atomic mass is 32.1. The molecular weight excluding hydrogens is 394 g/mol. The summed E-state index contributed by atoms with van der Waals surface area (Å²) in [6.45, 7) is -0.731. The molecule has 1 heterocycles. The SMILES string of the molecule is CN(C)C(=O)CNC(=O)COC(=O)[C@H](Cc1ccccc1)NC(=O)c1cccs1. The van der Waals surface area contributed by atoms with Crippen molar-refractivity contribution in [2.24, 2.45) is 0 Å². The minimum Gasteiger partial charge on any atom is -0.454 e. The second-order valence-electron chi connectivity index (χ2n) is 6.37. The van der Waals surface area contributed by atoms with E-state index >= 15 is 0 Å². The molecule has 1 atom stereocenters. The van der Waals surface area contributed by atoms with Crippen molar-refractivity contribution in [2.75, 3.05) is 27.2 Å². The first-order valence-electron chi connectivity index (χ1n) is 8.88. The van der Waals surface area contributed by atoms with E-state index in [-0.39, 0.29) is 24.8 Å². The smallest absolute Gasteiger partial charge is 0.329 e. The summed E-state index contributed by atoms with van der Waals surface area (Å²) in [4.78, 5) is 50.0. The van der Waals surface area contributed by atoms with E-state index in [0.717, 1.165) is 5.56 Å².